The predicted octanol–water partition coefficient (Wildman–Crippen LogP) is 5.52. The largest absolute Gasteiger partial charge is 0.493 e. The minimum Gasteiger partial charge on any atom is -0.493 e. The number of hydrogen-bond acceptors (Lipinski definition) is 8. The van der Waals surface area contributed by atoms with Crippen LogP contribution in [0.4, 0.5) is 26.2 Å². The third-order valence-corrected chi connectivity index (χ3v) is 8.21. The van der Waals surface area contributed by atoms with Crippen molar-refractivity contribution in [1.82, 2.24) is 9.88 Å². The number of urea groups is 1. The fourth-order valence-corrected chi connectivity index (χ4v) is 5.87. The molecule has 12 nitrogen and oxygen atoms in total. The van der Waals surface area contributed by atoms with Crippen molar-refractivity contribution >= 4 is 39.0 Å². The fraction of sp³-hybridized carbons (Fsp3) is 0.242. The molecule has 2 heterocycles. The van der Waals surface area contributed by atoms with Crippen molar-refractivity contribution in [2.75, 3.05) is 41.8 Å². The van der Waals surface area contributed by atoms with Crippen LogP contribution in [0.3, 0.4) is 0 Å². The first-order valence-corrected chi connectivity index (χ1v) is 16.6. The van der Waals surface area contributed by atoms with Gasteiger partial charge in [0.05, 0.1) is 24.6 Å². The normalized spacial score (nSPS) is 13.9. The summed E-state index contributed by atoms with van der Waals surface area (Å²) in [6.07, 6.45) is 4.82. The second kappa shape index (κ2) is 14.5. The molecule has 0 radical (unpaired) electrons. The number of methoxy groups -OCH3 is 1. The molecule has 0 atom stereocenters. The van der Waals surface area contributed by atoms with Crippen molar-refractivity contribution in [3.63, 3.8) is 0 Å². The first-order chi connectivity index (χ1) is 22.5. The molecule has 1 aliphatic heterocycles. The van der Waals surface area contributed by atoms with Gasteiger partial charge in [-0.25, -0.2) is 22.6 Å². The van der Waals surface area contributed by atoms with Crippen LogP contribution in [0.5, 0.6) is 17.4 Å². The van der Waals surface area contributed by atoms with Gasteiger partial charge in [-0.05, 0) is 85.4 Å². The molecule has 14 heteroatoms. The van der Waals surface area contributed by atoms with E-state index in [2.05, 4.69) is 25.2 Å². The van der Waals surface area contributed by atoms with Gasteiger partial charge < -0.3 is 25.8 Å². The summed E-state index contributed by atoms with van der Waals surface area (Å²) in [6, 6.07) is 19.3. The van der Waals surface area contributed by atoms with Crippen molar-refractivity contribution in [3.05, 3.63) is 102 Å². The average molecular weight is 663 g/mol. The van der Waals surface area contributed by atoms with Crippen molar-refractivity contribution in [2.24, 2.45) is 5.73 Å². The maximum absolute atomic E-state index is 13.7. The van der Waals surface area contributed by atoms with Gasteiger partial charge >= 0.3 is 6.03 Å². The maximum Gasteiger partial charge on any atom is 0.323 e. The number of anilines is 3. The van der Waals surface area contributed by atoms with Crippen LogP contribution in [-0.4, -0.2) is 56.7 Å². The van der Waals surface area contributed by atoms with E-state index in [1.807, 2.05) is 30.3 Å². The van der Waals surface area contributed by atoms with Gasteiger partial charge in [-0.15, -0.1) is 0 Å². The van der Waals surface area contributed by atoms with Crippen molar-refractivity contribution in [2.45, 2.75) is 25.3 Å². The van der Waals surface area contributed by atoms with Crippen LogP contribution in [0, 0.1) is 5.82 Å². The van der Waals surface area contributed by atoms with E-state index >= 15 is 0 Å². The molecule has 1 aromatic heterocycles. The molecule has 0 unspecified atom stereocenters. The molecule has 1 saturated heterocycles. The van der Waals surface area contributed by atoms with Crippen molar-refractivity contribution < 1.29 is 31.9 Å². The summed E-state index contributed by atoms with van der Waals surface area (Å²) in [7, 11) is -1.95. The standard InChI is InChI=1S/C33H35FN6O6S/c1-45-30-18-26(39-47(2,43)44)9-11-29(30)46-31-12-3-21(19-36-31)20-40-15-13-23(14-16-40)22-4-6-24(7-5-22)37-33(42)38-25-8-10-28(34)27(17-25)32(35)41/h3-12,17-19,23,39H,13-16,20H2,1-2H3,(H2,35,41)(H2,37,38,42). The number of primary amides is 1. The molecule has 246 valence electrons. The lowest BCUT2D eigenvalue weighted by Crippen LogP contribution is -2.32. The van der Waals surface area contributed by atoms with Gasteiger partial charge in [0.1, 0.15) is 5.82 Å². The van der Waals surface area contributed by atoms with E-state index in [0.29, 0.717) is 34.7 Å². The number of ether oxygens (including phenoxy) is 2. The number of carbonyl (C=O) groups is 2. The number of likely N-dealkylation sites (tertiary alicyclic amines) is 1. The number of rotatable bonds is 11. The van der Waals surface area contributed by atoms with Gasteiger partial charge in [0.2, 0.25) is 15.9 Å². The number of halogens is 1. The van der Waals surface area contributed by atoms with Crippen LogP contribution in [0.1, 0.15) is 40.2 Å². The maximum atomic E-state index is 13.7. The lowest BCUT2D eigenvalue weighted by atomic mass is 9.89. The van der Waals surface area contributed by atoms with E-state index < -0.39 is 27.8 Å². The molecular formula is C33H35FN6O6S. The highest BCUT2D eigenvalue weighted by molar-refractivity contribution is 7.92. The number of carbonyl (C=O) groups excluding carboxylic acids is 2. The Morgan fingerprint density at radius 3 is 2.26 bits per heavy atom. The van der Waals surface area contributed by atoms with E-state index in [9.17, 15) is 22.4 Å². The highest BCUT2D eigenvalue weighted by Gasteiger charge is 2.21. The molecule has 4 aromatic rings. The number of sulfonamides is 1. The minimum absolute atomic E-state index is 0.246. The number of hydrogen-bond donors (Lipinski definition) is 4. The van der Waals surface area contributed by atoms with Gasteiger partial charge in [0.25, 0.3) is 5.91 Å². The van der Waals surface area contributed by atoms with Crippen LogP contribution in [-0.2, 0) is 16.6 Å². The summed E-state index contributed by atoms with van der Waals surface area (Å²) >= 11 is 0. The molecule has 3 amide bonds. The van der Waals surface area contributed by atoms with Crippen molar-refractivity contribution in [1.29, 1.82) is 0 Å². The Bertz CT molecular complexity index is 1850. The average Bonchev–Trinajstić information content (AvgIpc) is 3.03. The first-order valence-electron chi connectivity index (χ1n) is 14.7. The number of benzene rings is 3. The fourth-order valence-electron chi connectivity index (χ4n) is 5.31. The van der Waals surface area contributed by atoms with E-state index in [1.54, 1.807) is 30.5 Å². The number of nitrogens with zero attached hydrogens (tertiary/aromatic N) is 2. The summed E-state index contributed by atoms with van der Waals surface area (Å²) in [5.74, 6) is -0.114. The van der Waals surface area contributed by atoms with Gasteiger partial charge in [0.15, 0.2) is 11.5 Å². The Labute approximate surface area is 272 Å². The zero-order valence-electron chi connectivity index (χ0n) is 25.8. The number of nitrogens with two attached hydrogens (primary N) is 1. The molecule has 0 saturated carbocycles. The van der Waals surface area contributed by atoms with Crippen LogP contribution < -0.4 is 30.6 Å². The lowest BCUT2D eigenvalue weighted by molar-refractivity contribution is 0.0996. The summed E-state index contributed by atoms with van der Waals surface area (Å²) in [5, 5.41) is 5.32. The second-order valence-corrected chi connectivity index (χ2v) is 12.9. The quantitative estimate of drug-likeness (QED) is 0.163. The Balaban J connectivity index is 1.09. The first kappa shape index (κ1) is 33.2. The molecule has 0 bridgehead atoms. The summed E-state index contributed by atoms with van der Waals surface area (Å²) in [6.45, 7) is 2.59. The summed E-state index contributed by atoms with van der Waals surface area (Å²) in [5.41, 5.74) is 8.33. The third-order valence-electron chi connectivity index (χ3n) is 7.60. The van der Waals surface area contributed by atoms with Gasteiger partial charge in [-0.3, -0.25) is 14.4 Å². The van der Waals surface area contributed by atoms with Crippen LogP contribution in [0.2, 0.25) is 0 Å². The predicted molar refractivity (Wildman–Crippen MR) is 177 cm³/mol. The van der Waals surface area contributed by atoms with Crippen LogP contribution in [0.15, 0.2) is 79.0 Å². The molecule has 47 heavy (non-hydrogen) atoms. The number of nitrogens with one attached hydrogen (secondary N) is 3. The van der Waals surface area contributed by atoms with E-state index in [1.165, 1.54) is 24.8 Å². The number of amides is 3. The summed E-state index contributed by atoms with van der Waals surface area (Å²) < 4.78 is 50.4. The van der Waals surface area contributed by atoms with Crippen LogP contribution >= 0.6 is 0 Å². The van der Waals surface area contributed by atoms with Gasteiger partial charge in [-0.2, -0.15) is 0 Å². The Morgan fingerprint density at radius 1 is 0.936 bits per heavy atom. The number of piperidine rings is 1. The lowest BCUT2D eigenvalue weighted by Gasteiger charge is -2.32. The SMILES string of the molecule is COc1cc(NS(C)(=O)=O)ccc1Oc1ccc(CN2CCC(c3ccc(NC(=O)Nc4ccc(F)c(C(N)=O)c4)cc3)CC2)cn1. The molecule has 0 spiro atoms. The second-order valence-electron chi connectivity index (χ2n) is 11.2. The van der Waals surface area contributed by atoms with Crippen LogP contribution in [0.25, 0.3) is 0 Å². The number of pyridine rings is 1. The molecule has 5 rings (SSSR count). The zero-order valence-corrected chi connectivity index (χ0v) is 26.6. The smallest absolute Gasteiger partial charge is 0.323 e. The summed E-state index contributed by atoms with van der Waals surface area (Å²) in [4.78, 5) is 30.6. The topological polar surface area (TPSA) is 165 Å². The zero-order chi connectivity index (χ0) is 33.6. The molecule has 3 aromatic carbocycles. The highest BCUT2D eigenvalue weighted by Crippen LogP contribution is 2.34. The molecular weight excluding hydrogens is 627 g/mol. The molecule has 1 aliphatic rings. The highest BCUT2D eigenvalue weighted by atomic mass is 32.2. The third kappa shape index (κ3) is 9.17. The van der Waals surface area contributed by atoms with Crippen molar-refractivity contribution in [3.8, 4) is 17.4 Å². The Morgan fingerprint density at radius 2 is 1.62 bits per heavy atom. The molecule has 5 N–H and O–H groups in total. The van der Waals surface area contributed by atoms with E-state index in [-0.39, 0.29) is 11.3 Å². The van der Waals surface area contributed by atoms with E-state index in [4.69, 9.17) is 15.2 Å². The number of aromatic nitrogens is 1. The minimum atomic E-state index is -3.42. The van der Waals surface area contributed by atoms with Gasteiger partial charge in [0, 0.05) is 36.2 Å². The molecule has 1 fully saturated rings. The molecule has 0 aliphatic carbocycles. The Hall–Kier alpha value is -5.21. The monoisotopic (exact) mass is 662 g/mol. The Kier molecular flexibility index (Phi) is 10.2. The van der Waals surface area contributed by atoms with Gasteiger partial charge in [-0.1, -0.05) is 18.2 Å². The van der Waals surface area contributed by atoms with E-state index in [0.717, 1.165) is 50.4 Å².